The van der Waals surface area contributed by atoms with E-state index < -0.39 is 5.97 Å². The number of aromatic nitrogens is 4. The molecule has 0 aromatic carbocycles. The van der Waals surface area contributed by atoms with Gasteiger partial charge < -0.3 is 10.0 Å². The van der Waals surface area contributed by atoms with Gasteiger partial charge in [0.05, 0.1) is 28.4 Å². The molecule has 4 heterocycles. The fraction of sp³-hybridized carbons (Fsp3) is 0.412. The number of aryl methyl sites for hydroxylation is 2. The number of carbonyl (C=O) groups excluding carboxylic acids is 1. The molecule has 0 unspecified atom stereocenters. The van der Waals surface area contributed by atoms with Crippen molar-refractivity contribution in [2.75, 3.05) is 13.1 Å². The number of amides is 1. The van der Waals surface area contributed by atoms with Gasteiger partial charge in [-0.05, 0) is 25.8 Å². The molecule has 0 atom stereocenters. The number of nitrogens with zero attached hydrogens (tertiary/aromatic N) is 5. The molecule has 0 saturated carbocycles. The highest BCUT2D eigenvalue weighted by Crippen LogP contribution is 2.30. The first-order valence-electron chi connectivity index (χ1n) is 8.44. The Morgan fingerprint density at radius 1 is 1.31 bits per heavy atom. The second-order valence-corrected chi connectivity index (χ2v) is 7.61. The zero-order valence-electron chi connectivity index (χ0n) is 14.5. The summed E-state index contributed by atoms with van der Waals surface area (Å²) < 4.78 is 3.52. The van der Waals surface area contributed by atoms with E-state index in [9.17, 15) is 9.59 Å². The number of carboxylic acids is 1. The maximum atomic E-state index is 12.8. The number of carbonyl (C=O) groups is 2. The number of piperidine rings is 1. The third kappa shape index (κ3) is 2.78. The predicted molar refractivity (Wildman–Crippen MR) is 96.7 cm³/mol. The fourth-order valence-electron chi connectivity index (χ4n) is 3.45. The Hall–Kier alpha value is -2.68. The summed E-state index contributed by atoms with van der Waals surface area (Å²) in [6.07, 6.45) is 4.45. The molecule has 3 aromatic heterocycles. The maximum absolute atomic E-state index is 12.8. The van der Waals surface area contributed by atoms with Gasteiger partial charge in [-0.25, -0.2) is 4.79 Å². The molecular weight excluding hydrogens is 354 g/mol. The first-order valence-corrected chi connectivity index (χ1v) is 9.25. The van der Waals surface area contributed by atoms with Crippen molar-refractivity contribution in [3.05, 3.63) is 34.6 Å². The van der Waals surface area contributed by atoms with Gasteiger partial charge in [-0.1, -0.05) is 0 Å². The quantitative estimate of drug-likeness (QED) is 0.760. The molecule has 1 saturated heterocycles. The average molecular weight is 373 g/mol. The van der Waals surface area contributed by atoms with Crippen molar-refractivity contribution in [1.82, 2.24) is 24.5 Å². The van der Waals surface area contributed by atoms with Crippen LogP contribution < -0.4 is 0 Å². The van der Waals surface area contributed by atoms with Crippen LogP contribution in [0.4, 0.5) is 0 Å². The van der Waals surface area contributed by atoms with Crippen LogP contribution in [0, 0.1) is 6.92 Å². The maximum Gasteiger partial charge on any atom is 0.338 e. The second-order valence-electron chi connectivity index (χ2n) is 6.58. The van der Waals surface area contributed by atoms with Crippen LogP contribution in [0.5, 0.6) is 0 Å². The molecule has 0 spiro atoms. The lowest BCUT2D eigenvalue weighted by Gasteiger charge is -2.31. The van der Waals surface area contributed by atoms with E-state index in [4.69, 9.17) is 5.11 Å². The Morgan fingerprint density at radius 3 is 2.65 bits per heavy atom. The molecule has 1 fully saturated rings. The van der Waals surface area contributed by atoms with Crippen LogP contribution in [0.1, 0.15) is 44.6 Å². The molecule has 1 N–H and O–H groups in total. The summed E-state index contributed by atoms with van der Waals surface area (Å²) in [5.74, 6) is -0.922. The summed E-state index contributed by atoms with van der Waals surface area (Å²) >= 11 is 1.48. The number of aromatic carboxylic acids is 1. The van der Waals surface area contributed by atoms with Crippen molar-refractivity contribution >= 4 is 33.4 Å². The molecule has 0 bridgehead atoms. The van der Waals surface area contributed by atoms with E-state index in [0.717, 1.165) is 33.6 Å². The normalized spacial score (nSPS) is 15.7. The molecule has 8 nitrogen and oxygen atoms in total. The van der Waals surface area contributed by atoms with Gasteiger partial charge in [0.2, 0.25) is 0 Å². The summed E-state index contributed by atoms with van der Waals surface area (Å²) in [5.41, 5.74) is 1.13. The van der Waals surface area contributed by atoms with Crippen LogP contribution in [-0.4, -0.2) is 54.5 Å². The lowest BCUT2D eigenvalue weighted by Crippen LogP contribution is -2.38. The molecule has 1 aliphatic rings. The van der Waals surface area contributed by atoms with Crippen molar-refractivity contribution < 1.29 is 14.7 Å². The van der Waals surface area contributed by atoms with Crippen LogP contribution in [0.25, 0.3) is 10.2 Å². The van der Waals surface area contributed by atoms with Gasteiger partial charge in [-0.3, -0.25) is 14.2 Å². The van der Waals surface area contributed by atoms with Crippen LogP contribution in [-0.2, 0) is 7.05 Å². The zero-order valence-corrected chi connectivity index (χ0v) is 15.4. The number of thiophene rings is 1. The lowest BCUT2D eigenvalue weighted by atomic mass is 10.1. The van der Waals surface area contributed by atoms with E-state index in [-0.39, 0.29) is 17.5 Å². The standard InChI is InChI=1S/C17H19N5O3S/c1-10-13-7-14(26-16(13)20(2)19-10)15(23)21-5-3-12(4-6-21)22-9-11(8-18-22)17(24)25/h7-9,12H,3-6H2,1-2H3,(H,24,25). The number of rotatable bonds is 3. The van der Waals surface area contributed by atoms with Gasteiger partial charge in [0.1, 0.15) is 4.83 Å². The first-order chi connectivity index (χ1) is 12.4. The molecule has 1 amide bonds. The van der Waals surface area contributed by atoms with Crippen molar-refractivity contribution in [3.8, 4) is 0 Å². The number of likely N-dealkylation sites (tertiary alicyclic amines) is 1. The lowest BCUT2D eigenvalue weighted by molar-refractivity contribution is 0.0692. The van der Waals surface area contributed by atoms with E-state index in [1.54, 1.807) is 10.9 Å². The van der Waals surface area contributed by atoms with Crippen molar-refractivity contribution in [2.45, 2.75) is 25.8 Å². The van der Waals surface area contributed by atoms with E-state index >= 15 is 0 Å². The largest absolute Gasteiger partial charge is 0.478 e. The van der Waals surface area contributed by atoms with Crippen molar-refractivity contribution in [2.24, 2.45) is 7.05 Å². The first kappa shape index (κ1) is 16.8. The molecule has 0 aliphatic carbocycles. The smallest absolute Gasteiger partial charge is 0.338 e. The van der Waals surface area contributed by atoms with Gasteiger partial charge in [-0.2, -0.15) is 10.2 Å². The molecule has 4 rings (SSSR count). The summed E-state index contributed by atoms with van der Waals surface area (Å²) in [6.45, 7) is 3.22. The van der Waals surface area contributed by atoms with Crippen molar-refractivity contribution in [1.29, 1.82) is 0 Å². The summed E-state index contributed by atoms with van der Waals surface area (Å²) in [4.78, 5) is 27.4. The molecule has 3 aromatic rings. The molecule has 136 valence electrons. The fourth-order valence-corrected chi connectivity index (χ4v) is 4.54. The Kier molecular flexibility index (Phi) is 4.03. The highest BCUT2D eigenvalue weighted by molar-refractivity contribution is 7.20. The molecular formula is C17H19N5O3S. The molecule has 0 radical (unpaired) electrons. The number of hydrogen-bond acceptors (Lipinski definition) is 5. The van der Waals surface area contributed by atoms with Crippen molar-refractivity contribution in [3.63, 3.8) is 0 Å². The molecule has 26 heavy (non-hydrogen) atoms. The number of fused-ring (bicyclic) bond motifs is 1. The Morgan fingerprint density at radius 2 is 2.04 bits per heavy atom. The van der Waals surface area contributed by atoms with Gasteiger partial charge in [0.15, 0.2) is 0 Å². The Labute approximate surface area is 153 Å². The van der Waals surface area contributed by atoms with Crippen LogP contribution in [0.2, 0.25) is 0 Å². The monoisotopic (exact) mass is 373 g/mol. The van der Waals surface area contributed by atoms with E-state index in [2.05, 4.69) is 10.2 Å². The number of hydrogen-bond donors (Lipinski definition) is 1. The van der Waals surface area contributed by atoms with Gasteiger partial charge in [0, 0.05) is 31.7 Å². The minimum Gasteiger partial charge on any atom is -0.478 e. The topological polar surface area (TPSA) is 93.2 Å². The second kappa shape index (κ2) is 6.24. The van der Waals surface area contributed by atoms with Gasteiger partial charge >= 0.3 is 5.97 Å². The van der Waals surface area contributed by atoms with Crippen LogP contribution in [0.3, 0.4) is 0 Å². The summed E-state index contributed by atoms with van der Waals surface area (Å²) in [7, 11) is 1.89. The van der Waals surface area contributed by atoms with E-state index in [1.807, 2.05) is 29.6 Å². The predicted octanol–water partition coefficient (Wildman–Crippen LogP) is 2.32. The SMILES string of the molecule is Cc1nn(C)c2sc(C(=O)N3CCC(n4cc(C(=O)O)cn4)CC3)cc12. The van der Waals surface area contributed by atoms with Crippen LogP contribution in [0.15, 0.2) is 18.5 Å². The van der Waals surface area contributed by atoms with Gasteiger partial charge in [0.25, 0.3) is 5.91 Å². The van der Waals surface area contributed by atoms with E-state index in [0.29, 0.717) is 13.1 Å². The molecule has 9 heteroatoms. The molecule has 1 aliphatic heterocycles. The van der Waals surface area contributed by atoms with Crippen LogP contribution >= 0.6 is 11.3 Å². The van der Waals surface area contributed by atoms with Gasteiger partial charge in [-0.15, -0.1) is 11.3 Å². The summed E-state index contributed by atoms with van der Waals surface area (Å²) in [6, 6.07) is 2.06. The third-order valence-corrected chi connectivity index (χ3v) is 6.07. The highest BCUT2D eigenvalue weighted by Gasteiger charge is 2.27. The average Bonchev–Trinajstić information content (AvgIpc) is 3.33. The minimum atomic E-state index is -0.974. The Bertz CT molecular complexity index is 959. The zero-order chi connectivity index (χ0) is 18.4. The number of carboxylic acid groups (broad SMARTS) is 1. The summed E-state index contributed by atoms with van der Waals surface area (Å²) in [5, 5.41) is 18.6. The highest BCUT2D eigenvalue weighted by atomic mass is 32.1. The van der Waals surface area contributed by atoms with E-state index in [1.165, 1.54) is 17.5 Å². The minimum absolute atomic E-state index is 0.0516. The Balaban J connectivity index is 1.45. The third-order valence-electron chi connectivity index (χ3n) is 4.88.